The van der Waals surface area contributed by atoms with Crippen LogP contribution < -0.4 is 11.1 Å². The number of nitrogens with one attached hydrogen (secondary N) is 1. The van der Waals surface area contributed by atoms with Crippen LogP contribution in [0.1, 0.15) is 28.8 Å². The van der Waals surface area contributed by atoms with Crippen molar-refractivity contribution >= 4 is 23.2 Å². The average molecular weight is 539 g/mol. The molecule has 1 aromatic heterocycles. The lowest BCUT2D eigenvalue weighted by Crippen LogP contribution is -2.73. The fourth-order valence-corrected chi connectivity index (χ4v) is 6.84. The van der Waals surface area contributed by atoms with Gasteiger partial charge in [-0.2, -0.15) is 0 Å². The van der Waals surface area contributed by atoms with Gasteiger partial charge in [-0.05, 0) is 62.2 Å². The van der Waals surface area contributed by atoms with E-state index in [1.165, 1.54) is 6.07 Å². The summed E-state index contributed by atoms with van der Waals surface area (Å²) in [7, 11) is 5.20. The number of fused-ring (bicyclic) bond motifs is 3. The molecule has 1 aromatic carbocycles. The van der Waals surface area contributed by atoms with Crippen molar-refractivity contribution in [3.05, 3.63) is 58.4 Å². The lowest BCUT2D eigenvalue weighted by Gasteiger charge is -2.53. The van der Waals surface area contributed by atoms with E-state index in [4.69, 9.17) is 5.73 Å². The quantitative estimate of drug-likeness (QED) is 0.271. The second-order valence-electron chi connectivity index (χ2n) is 11.1. The number of carbonyl (C=O) groups excluding carboxylic acids is 3. The Balaban J connectivity index is 1.55. The van der Waals surface area contributed by atoms with E-state index in [1.54, 1.807) is 25.1 Å². The number of benzene rings is 1. The molecule has 2 aromatic rings. The van der Waals surface area contributed by atoms with E-state index in [9.17, 15) is 34.8 Å². The lowest BCUT2D eigenvalue weighted by molar-refractivity contribution is -0.184. The Morgan fingerprint density at radius 1 is 1.21 bits per heavy atom. The maximum Gasteiger partial charge on any atom is 0.230 e. The summed E-state index contributed by atoms with van der Waals surface area (Å²) >= 11 is 0. The largest absolute Gasteiger partial charge is 0.507 e. The van der Waals surface area contributed by atoms with Crippen molar-refractivity contribution in [2.45, 2.75) is 43.7 Å². The van der Waals surface area contributed by atoms with Crippen LogP contribution in [0.5, 0.6) is 5.75 Å². The summed E-state index contributed by atoms with van der Waals surface area (Å²) in [6.45, 7) is 1.02. The summed E-state index contributed by atoms with van der Waals surface area (Å²) in [5.41, 5.74) is 5.26. The number of aromatic hydroxyl groups is 1. The fraction of sp³-hybridized carbons (Fsp3) is 0.464. The van der Waals surface area contributed by atoms with Gasteiger partial charge in [-0.3, -0.25) is 14.4 Å². The van der Waals surface area contributed by atoms with E-state index in [2.05, 4.69) is 5.32 Å². The van der Waals surface area contributed by atoms with E-state index in [-0.39, 0.29) is 29.7 Å². The number of aromatic nitrogens is 1. The van der Waals surface area contributed by atoms with Crippen LogP contribution in [-0.4, -0.2) is 79.2 Å². The third-order valence-corrected chi connectivity index (χ3v) is 8.74. The zero-order valence-corrected chi connectivity index (χ0v) is 22.1. The first-order chi connectivity index (χ1) is 18.4. The lowest BCUT2D eigenvalue weighted by atomic mass is 9.54. The molecule has 208 valence electrons. The minimum Gasteiger partial charge on any atom is -0.507 e. The minimum atomic E-state index is -2.66. The van der Waals surface area contributed by atoms with E-state index >= 15 is 0 Å². The maximum atomic E-state index is 13.9. The number of ketones is 2. The van der Waals surface area contributed by atoms with Crippen molar-refractivity contribution in [1.29, 1.82) is 0 Å². The molecule has 39 heavy (non-hydrogen) atoms. The number of aryl methyl sites for hydroxylation is 1. The normalized spacial score (nSPS) is 30.3. The van der Waals surface area contributed by atoms with Gasteiger partial charge >= 0.3 is 0 Å². The summed E-state index contributed by atoms with van der Waals surface area (Å²) in [5.74, 6) is -7.46. The smallest absolute Gasteiger partial charge is 0.230 e. The van der Waals surface area contributed by atoms with Gasteiger partial charge in [0.05, 0.1) is 11.7 Å². The number of amides is 1. The zero-order chi connectivity index (χ0) is 28.4. The summed E-state index contributed by atoms with van der Waals surface area (Å²) in [5, 5.41) is 48.1. The number of aliphatic hydroxyl groups is 3. The molecule has 1 heterocycles. The Hall–Kier alpha value is -3.51. The minimum absolute atomic E-state index is 0.0874. The van der Waals surface area contributed by atoms with Gasteiger partial charge in [-0.25, -0.2) is 0 Å². The van der Waals surface area contributed by atoms with Crippen molar-refractivity contribution in [2.75, 3.05) is 14.1 Å². The van der Waals surface area contributed by atoms with Crippen molar-refractivity contribution in [3.63, 3.8) is 0 Å². The van der Waals surface area contributed by atoms with Crippen molar-refractivity contribution in [3.8, 4) is 5.75 Å². The molecule has 3 aliphatic carbocycles. The Morgan fingerprint density at radius 3 is 2.54 bits per heavy atom. The van der Waals surface area contributed by atoms with Gasteiger partial charge in [0.25, 0.3) is 0 Å². The van der Waals surface area contributed by atoms with Gasteiger partial charge in [0.1, 0.15) is 17.4 Å². The van der Waals surface area contributed by atoms with Gasteiger partial charge < -0.3 is 40.9 Å². The molecule has 2 unspecified atom stereocenters. The monoisotopic (exact) mass is 538 g/mol. The molecule has 7 N–H and O–H groups in total. The zero-order valence-electron chi connectivity index (χ0n) is 22.1. The second kappa shape index (κ2) is 9.60. The van der Waals surface area contributed by atoms with Gasteiger partial charge in [0, 0.05) is 49.6 Å². The van der Waals surface area contributed by atoms with Crippen molar-refractivity contribution in [2.24, 2.45) is 30.5 Å². The molecule has 0 spiro atoms. The SMILES string of the molecule is CN(C)[C@H]1C(O)C(C(N)=O)C(=O)[C@]2(O)C(=O)C3=C(O)c4c(O)ccc(CNCc5cccn5C)c4C[C@@H]3C[C@H]12. The Kier molecular flexibility index (Phi) is 6.66. The molecular weight excluding hydrogens is 504 g/mol. The number of phenols is 1. The molecule has 0 bridgehead atoms. The van der Waals surface area contributed by atoms with E-state index < -0.39 is 58.7 Å². The number of primary amides is 1. The highest BCUT2D eigenvalue weighted by molar-refractivity contribution is 6.25. The van der Waals surface area contributed by atoms with Crippen LogP contribution in [0.2, 0.25) is 0 Å². The number of hydrogen-bond acceptors (Lipinski definition) is 9. The number of aliphatic hydroxyl groups excluding tert-OH is 2. The first kappa shape index (κ1) is 27.1. The molecule has 11 nitrogen and oxygen atoms in total. The number of nitrogens with two attached hydrogens (primary N) is 1. The van der Waals surface area contributed by atoms with E-state index in [0.29, 0.717) is 18.7 Å². The van der Waals surface area contributed by atoms with E-state index in [1.807, 2.05) is 29.9 Å². The summed E-state index contributed by atoms with van der Waals surface area (Å²) in [4.78, 5) is 41.0. The topological polar surface area (TPSA) is 178 Å². The number of likely N-dealkylation sites (N-methyl/N-ethyl adjacent to an activating group) is 1. The van der Waals surface area contributed by atoms with Crippen LogP contribution in [0.3, 0.4) is 0 Å². The number of phenolic OH excluding ortho intramolecular Hbond substituents is 1. The highest BCUT2D eigenvalue weighted by atomic mass is 16.3. The number of hydrogen-bond donors (Lipinski definition) is 6. The van der Waals surface area contributed by atoms with Crippen molar-refractivity contribution < 1.29 is 34.8 Å². The first-order valence-corrected chi connectivity index (χ1v) is 12.9. The van der Waals surface area contributed by atoms with Crippen LogP contribution >= 0.6 is 0 Å². The Morgan fingerprint density at radius 2 is 1.92 bits per heavy atom. The third-order valence-electron chi connectivity index (χ3n) is 8.74. The van der Waals surface area contributed by atoms with E-state index in [0.717, 1.165) is 11.3 Å². The predicted octanol–water partition coefficient (Wildman–Crippen LogP) is -0.243. The van der Waals surface area contributed by atoms with Crippen LogP contribution in [0, 0.1) is 17.8 Å². The number of rotatable bonds is 6. The van der Waals surface area contributed by atoms with Crippen LogP contribution in [-0.2, 0) is 40.9 Å². The van der Waals surface area contributed by atoms with Gasteiger partial charge in [0.2, 0.25) is 11.7 Å². The number of nitrogens with zero attached hydrogens (tertiary/aromatic N) is 2. The molecule has 2 saturated carbocycles. The maximum absolute atomic E-state index is 13.9. The Bertz CT molecular complexity index is 1400. The molecule has 3 aliphatic rings. The highest BCUT2D eigenvalue weighted by Crippen LogP contribution is 2.52. The predicted molar refractivity (Wildman–Crippen MR) is 140 cm³/mol. The molecule has 2 fully saturated rings. The van der Waals surface area contributed by atoms with Crippen LogP contribution in [0.15, 0.2) is 36.0 Å². The molecule has 0 radical (unpaired) electrons. The standard InChI is InChI=1S/C28H34N4O7/c1-31(2)22-17-10-14-9-16-13(11-30-12-15-5-4-8-32(15)3)6-7-18(33)20(16)23(34)19(14)25(36)28(17,39)26(37)21(24(22)35)27(29)38/h4-8,14,17,21-22,24,30,33-35,39H,9-12H2,1-3H3,(H2,29,38)/t14-,17-,21?,22-,24?,28-/m1/s1. The second-order valence-corrected chi connectivity index (χ2v) is 11.1. The number of carbonyl (C=O) groups is 3. The summed E-state index contributed by atoms with van der Waals surface area (Å²) in [6.07, 6.45) is 0.792. The average Bonchev–Trinajstić information content (AvgIpc) is 3.26. The molecule has 11 heteroatoms. The Labute approximate surface area is 225 Å². The van der Waals surface area contributed by atoms with Crippen LogP contribution in [0.25, 0.3) is 5.76 Å². The molecule has 5 rings (SSSR count). The third kappa shape index (κ3) is 3.99. The highest BCUT2D eigenvalue weighted by Gasteiger charge is 2.67. The first-order valence-electron chi connectivity index (χ1n) is 12.9. The molecular formula is C28H34N4O7. The van der Waals surface area contributed by atoms with Gasteiger partial charge in [-0.15, -0.1) is 0 Å². The number of Topliss-reactive ketones (excluding diaryl/α,β-unsaturated/α-hetero) is 2. The fourth-order valence-electron chi connectivity index (χ4n) is 6.84. The summed E-state index contributed by atoms with van der Waals surface area (Å²) in [6, 6.07) is 6.23. The molecule has 1 amide bonds. The van der Waals surface area contributed by atoms with Crippen LogP contribution in [0.4, 0.5) is 0 Å². The summed E-state index contributed by atoms with van der Waals surface area (Å²) < 4.78 is 2.00. The molecule has 0 saturated heterocycles. The van der Waals surface area contributed by atoms with Crippen molar-refractivity contribution in [1.82, 2.24) is 14.8 Å². The van der Waals surface area contributed by atoms with Gasteiger partial charge in [0.15, 0.2) is 11.4 Å². The molecule has 0 aliphatic heterocycles. The van der Waals surface area contributed by atoms with Gasteiger partial charge in [-0.1, -0.05) is 6.07 Å². The molecule has 6 atom stereocenters.